The third-order valence-corrected chi connectivity index (χ3v) is 11.5. The van der Waals surface area contributed by atoms with E-state index in [2.05, 4.69) is 88.2 Å². The molecule has 2 rings (SSSR count). The predicted octanol–water partition coefficient (Wildman–Crippen LogP) is 5.61. The van der Waals surface area contributed by atoms with Gasteiger partial charge in [0.2, 0.25) is 0 Å². The summed E-state index contributed by atoms with van der Waals surface area (Å²) in [7, 11) is -1.91. The minimum absolute atomic E-state index is 0.177. The molecule has 0 amide bonds. The summed E-state index contributed by atoms with van der Waals surface area (Å²) in [5, 5.41) is 0.193. The Morgan fingerprint density at radius 3 is 2.48 bits per heavy atom. The van der Waals surface area contributed by atoms with Crippen LogP contribution in [0.1, 0.15) is 52.1 Å². The van der Waals surface area contributed by atoms with Crippen molar-refractivity contribution in [2.75, 3.05) is 13.2 Å². The molecule has 1 aromatic rings. The molecular weight excluding hydrogens is 350 g/mol. The zero-order valence-corrected chi connectivity index (χ0v) is 18.9. The van der Waals surface area contributed by atoms with Crippen LogP contribution in [0.15, 0.2) is 42.5 Å². The van der Waals surface area contributed by atoms with Crippen molar-refractivity contribution in [3.63, 3.8) is 0 Å². The monoisotopic (exact) mass is 387 g/mol. The highest BCUT2D eigenvalue weighted by atomic mass is 28.4. The summed E-state index contributed by atoms with van der Waals surface area (Å²) in [5.74, 6) is 0.579. The molecule has 1 unspecified atom stereocenters. The Morgan fingerprint density at radius 1 is 1.22 bits per heavy atom. The van der Waals surface area contributed by atoms with E-state index in [0.717, 1.165) is 19.3 Å². The maximum Gasteiger partial charge on any atom is 0.192 e. The smallest absolute Gasteiger partial charge is 0.192 e. The van der Waals surface area contributed by atoms with Crippen LogP contribution in [0.25, 0.3) is 0 Å². The number of nitrogens with zero attached hydrogens (tertiary/aromatic N) is 1. The largest absolute Gasteiger partial charge is 0.415 e. The minimum atomic E-state index is -1.91. The van der Waals surface area contributed by atoms with Crippen LogP contribution in [0.5, 0.6) is 0 Å². The van der Waals surface area contributed by atoms with Crippen molar-refractivity contribution in [2.24, 2.45) is 5.92 Å². The highest BCUT2D eigenvalue weighted by Crippen LogP contribution is 2.45. The van der Waals surface area contributed by atoms with Crippen molar-refractivity contribution >= 4 is 14.6 Å². The van der Waals surface area contributed by atoms with Crippen LogP contribution in [0.4, 0.5) is 0 Å². The van der Waals surface area contributed by atoms with Crippen molar-refractivity contribution in [3.05, 3.63) is 48.0 Å². The molecule has 3 nitrogen and oxygen atoms in total. The lowest BCUT2D eigenvalue weighted by Crippen LogP contribution is -2.48. The van der Waals surface area contributed by atoms with Crippen LogP contribution in [0.2, 0.25) is 18.1 Å². The van der Waals surface area contributed by atoms with Crippen molar-refractivity contribution in [2.45, 2.75) is 70.8 Å². The Labute approximate surface area is 166 Å². The molecule has 150 valence electrons. The Morgan fingerprint density at radius 2 is 1.89 bits per heavy atom. The molecule has 27 heavy (non-hydrogen) atoms. The van der Waals surface area contributed by atoms with E-state index in [-0.39, 0.29) is 17.1 Å². The van der Waals surface area contributed by atoms with Gasteiger partial charge >= 0.3 is 0 Å². The summed E-state index contributed by atoms with van der Waals surface area (Å²) in [4.78, 5) is 13.7. The normalized spacial score (nSPS) is 20.0. The molecule has 0 saturated carbocycles. The van der Waals surface area contributed by atoms with Crippen molar-refractivity contribution in [3.8, 4) is 0 Å². The zero-order chi connectivity index (χ0) is 20.1. The summed E-state index contributed by atoms with van der Waals surface area (Å²) < 4.78 is 6.74. The molecule has 0 saturated heterocycles. The number of hydrogen-bond donors (Lipinski definition) is 0. The fourth-order valence-electron chi connectivity index (χ4n) is 3.69. The van der Waals surface area contributed by atoms with Crippen LogP contribution >= 0.6 is 0 Å². The molecule has 1 aliphatic rings. The van der Waals surface area contributed by atoms with Gasteiger partial charge in [-0.3, -0.25) is 4.90 Å². The molecule has 1 heterocycles. The molecule has 2 atom stereocenters. The van der Waals surface area contributed by atoms with Crippen molar-refractivity contribution < 1.29 is 9.22 Å². The van der Waals surface area contributed by atoms with Gasteiger partial charge < -0.3 is 9.22 Å². The molecule has 0 N–H and O–H groups in total. The second-order valence-electron chi connectivity index (χ2n) is 9.08. The first-order chi connectivity index (χ1) is 12.7. The van der Waals surface area contributed by atoms with E-state index in [1.807, 2.05) is 0 Å². The molecule has 0 aromatic heterocycles. The molecule has 4 heteroatoms. The van der Waals surface area contributed by atoms with Gasteiger partial charge in [-0.2, -0.15) is 0 Å². The summed E-state index contributed by atoms with van der Waals surface area (Å²) in [5.41, 5.74) is 1.27. The number of benzene rings is 1. The first kappa shape index (κ1) is 22.1. The van der Waals surface area contributed by atoms with E-state index in [0.29, 0.717) is 18.9 Å². The number of hydrogen-bond acceptors (Lipinski definition) is 3. The second kappa shape index (κ2) is 9.31. The summed E-state index contributed by atoms with van der Waals surface area (Å²) in [6.45, 7) is 15.5. The van der Waals surface area contributed by atoms with Gasteiger partial charge in [0.1, 0.15) is 6.29 Å². The van der Waals surface area contributed by atoms with Crippen LogP contribution in [0, 0.1) is 5.92 Å². The van der Waals surface area contributed by atoms with Gasteiger partial charge in [0.15, 0.2) is 8.32 Å². The summed E-state index contributed by atoms with van der Waals surface area (Å²) in [6, 6.07) is 11.1. The SMILES string of the molecule is CC(C)C(C)(C)[Si](C)(C)OC[C@H](c1ccccc1)N1CC=CCC1CC=O. The van der Waals surface area contributed by atoms with Gasteiger partial charge in [0.05, 0.1) is 12.6 Å². The lowest BCUT2D eigenvalue weighted by atomic mass is 9.98. The Balaban J connectivity index is 2.26. The summed E-state index contributed by atoms with van der Waals surface area (Å²) >= 11 is 0. The van der Waals surface area contributed by atoms with E-state index in [1.54, 1.807) is 0 Å². The van der Waals surface area contributed by atoms with Gasteiger partial charge in [0.25, 0.3) is 0 Å². The molecule has 0 fully saturated rings. The van der Waals surface area contributed by atoms with Crippen LogP contribution in [0.3, 0.4) is 0 Å². The fraction of sp³-hybridized carbons (Fsp3) is 0.609. The maximum atomic E-state index is 11.2. The molecule has 0 bridgehead atoms. The highest BCUT2D eigenvalue weighted by molar-refractivity contribution is 6.74. The van der Waals surface area contributed by atoms with E-state index >= 15 is 0 Å². The average molecular weight is 388 g/mol. The third kappa shape index (κ3) is 5.18. The molecule has 0 radical (unpaired) electrons. The molecular formula is C23H37NO2Si. The van der Waals surface area contributed by atoms with Crippen molar-refractivity contribution in [1.82, 2.24) is 4.90 Å². The van der Waals surface area contributed by atoms with Gasteiger partial charge in [0, 0.05) is 19.0 Å². The number of rotatable bonds is 9. The van der Waals surface area contributed by atoms with Gasteiger partial charge in [-0.05, 0) is 36.0 Å². The van der Waals surface area contributed by atoms with Crippen LogP contribution < -0.4 is 0 Å². The van der Waals surface area contributed by atoms with Gasteiger partial charge in [-0.15, -0.1) is 0 Å². The molecule has 1 aromatic carbocycles. The van der Waals surface area contributed by atoms with Crippen molar-refractivity contribution in [1.29, 1.82) is 0 Å². The quantitative estimate of drug-likeness (QED) is 0.313. The van der Waals surface area contributed by atoms with Crippen LogP contribution in [-0.2, 0) is 9.22 Å². The molecule has 0 aliphatic carbocycles. The predicted molar refractivity (Wildman–Crippen MR) is 116 cm³/mol. The Hall–Kier alpha value is -1.23. The Kier molecular flexibility index (Phi) is 7.61. The number of carbonyl (C=O) groups excluding carboxylic acids is 1. The Bertz CT molecular complexity index is 625. The van der Waals surface area contributed by atoms with Gasteiger partial charge in [-0.1, -0.05) is 70.2 Å². The zero-order valence-electron chi connectivity index (χ0n) is 17.9. The lowest BCUT2D eigenvalue weighted by Gasteiger charge is -2.45. The highest BCUT2D eigenvalue weighted by Gasteiger charge is 2.44. The first-order valence-electron chi connectivity index (χ1n) is 10.2. The standard InChI is InChI=1S/C23H37NO2Si/c1-19(2)23(3,4)27(5,6)26-18-22(20-12-8-7-9-13-20)24-16-11-10-14-21(24)15-17-25/h7-13,17,19,21-22H,14-16,18H2,1-6H3/t21?,22-/m1/s1. The summed E-state index contributed by atoms with van der Waals surface area (Å²) in [6.07, 6.45) is 6.98. The fourth-order valence-corrected chi connectivity index (χ4v) is 6.02. The minimum Gasteiger partial charge on any atom is -0.415 e. The van der Waals surface area contributed by atoms with E-state index in [1.165, 1.54) is 5.56 Å². The maximum absolute atomic E-state index is 11.2. The average Bonchev–Trinajstić information content (AvgIpc) is 2.64. The topological polar surface area (TPSA) is 29.5 Å². The number of carbonyl (C=O) groups is 1. The molecule has 1 aliphatic heterocycles. The van der Waals surface area contributed by atoms with E-state index < -0.39 is 8.32 Å². The molecule has 0 spiro atoms. The van der Waals surface area contributed by atoms with E-state index in [9.17, 15) is 4.79 Å². The van der Waals surface area contributed by atoms with Crippen LogP contribution in [-0.4, -0.2) is 38.7 Å². The second-order valence-corrected chi connectivity index (χ2v) is 13.7. The lowest BCUT2D eigenvalue weighted by molar-refractivity contribution is -0.109. The number of aldehydes is 1. The third-order valence-electron chi connectivity index (χ3n) is 6.91. The van der Waals surface area contributed by atoms with Gasteiger partial charge in [-0.25, -0.2) is 0 Å². The van der Waals surface area contributed by atoms with E-state index in [4.69, 9.17) is 4.43 Å². The first-order valence-corrected chi connectivity index (χ1v) is 13.1.